The van der Waals surface area contributed by atoms with Crippen LogP contribution in [0.3, 0.4) is 0 Å². The first-order valence-electron chi connectivity index (χ1n) is 7.73. The van der Waals surface area contributed by atoms with Gasteiger partial charge in [0.2, 0.25) is 0 Å². The van der Waals surface area contributed by atoms with Crippen molar-refractivity contribution in [2.45, 2.75) is 19.3 Å². The van der Waals surface area contributed by atoms with Crippen molar-refractivity contribution in [2.75, 3.05) is 13.7 Å². The fraction of sp³-hybridized carbons (Fsp3) is 0.278. The molecule has 0 aliphatic carbocycles. The maximum Gasteiger partial charge on any atom is 0.313 e. The molecule has 0 saturated heterocycles. The molecule has 2 aromatic carbocycles. The highest BCUT2D eigenvalue weighted by molar-refractivity contribution is 7.00. The molecule has 1 unspecified atom stereocenters. The van der Waals surface area contributed by atoms with Crippen LogP contribution in [0.5, 0.6) is 5.75 Å². The fourth-order valence-corrected chi connectivity index (χ4v) is 3.11. The van der Waals surface area contributed by atoms with Gasteiger partial charge < -0.3 is 9.47 Å². The second-order valence-corrected chi connectivity index (χ2v) is 5.90. The van der Waals surface area contributed by atoms with E-state index in [4.69, 9.17) is 9.47 Å². The third-order valence-corrected chi connectivity index (χ3v) is 4.41. The van der Waals surface area contributed by atoms with Crippen molar-refractivity contribution in [1.82, 2.24) is 8.75 Å². The molecular weight excluding hydrogens is 324 g/mol. The number of fused-ring (bicyclic) bond motifs is 1. The molecule has 0 aliphatic rings. The Balaban J connectivity index is 1.91. The number of ether oxygens (including phenoxy) is 2. The van der Waals surface area contributed by atoms with E-state index in [2.05, 4.69) is 8.75 Å². The Morgan fingerprint density at radius 2 is 1.88 bits per heavy atom. The smallest absolute Gasteiger partial charge is 0.313 e. The number of methoxy groups -OCH3 is 1. The topological polar surface area (TPSA) is 61.3 Å². The zero-order valence-corrected chi connectivity index (χ0v) is 14.4. The first kappa shape index (κ1) is 16.4. The number of hydrogen-bond donors (Lipinski definition) is 0. The van der Waals surface area contributed by atoms with E-state index in [1.54, 1.807) is 7.11 Å². The molecule has 0 bridgehead atoms. The van der Waals surface area contributed by atoms with Gasteiger partial charge in [-0.15, -0.1) is 0 Å². The van der Waals surface area contributed by atoms with E-state index < -0.39 is 0 Å². The maximum absolute atomic E-state index is 12.5. The summed E-state index contributed by atoms with van der Waals surface area (Å²) in [4.78, 5) is 12.5. The molecule has 1 atom stereocenters. The van der Waals surface area contributed by atoms with Crippen molar-refractivity contribution in [3.63, 3.8) is 0 Å². The van der Waals surface area contributed by atoms with E-state index >= 15 is 0 Å². The lowest BCUT2D eigenvalue weighted by atomic mass is 9.91. The summed E-state index contributed by atoms with van der Waals surface area (Å²) in [6.45, 7) is 2.17. The number of rotatable bonds is 6. The Morgan fingerprint density at radius 3 is 2.58 bits per heavy atom. The van der Waals surface area contributed by atoms with E-state index in [9.17, 15) is 4.79 Å². The zero-order valence-electron chi connectivity index (χ0n) is 13.6. The van der Waals surface area contributed by atoms with Crippen LogP contribution in [-0.2, 0) is 16.0 Å². The predicted octanol–water partition coefficient (Wildman–Crippen LogP) is 3.59. The molecule has 0 radical (unpaired) electrons. The van der Waals surface area contributed by atoms with Crippen LogP contribution < -0.4 is 4.74 Å². The molecular formula is C18H18N2O3S. The Hall–Kier alpha value is -2.47. The van der Waals surface area contributed by atoms with Crippen molar-refractivity contribution >= 4 is 28.7 Å². The molecule has 124 valence electrons. The van der Waals surface area contributed by atoms with Gasteiger partial charge in [-0.1, -0.05) is 18.2 Å². The van der Waals surface area contributed by atoms with Crippen molar-refractivity contribution < 1.29 is 14.3 Å². The lowest BCUT2D eigenvalue weighted by molar-refractivity contribution is -0.144. The minimum atomic E-state index is -0.371. The van der Waals surface area contributed by atoms with Crippen LogP contribution in [0.4, 0.5) is 0 Å². The molecule has 0 spiro atoms. The van der Waals surface area contributed by atoms with Crippen molar-refractivity contribution in [1.29, 1.82) is 0 Å². The first-order valence-corrected chi connectivity index (χ1v) is 8.46. The summed E-state index contributed by atoms with van der Waals surface area (Å²) in [6.07, 6.45) is 0.561. The van der Waals surface area contributed by atoms with E-state index in [-0.39, 0.29) is 11.9 Å². The molecule has 1 heterocycles. The van der Waals surface area contributed by atoms with Gasteiger partial charge in [0.05, 0.1) is 31.4 Å². The quantitative estimate of drug-likeness (QED) is 0.641. The molecule has 1 aromatic heterocycles. The van der Waals surface area contributed by atoms with Crippen LogP contribution in [0.15, 0.2) is 42.5 Å². The molecule has 0 aliphatic heterocycles. The number of benzene rings is 2. The number of carbonyl (C=O) groups is 1. The average molecular weight is 342 g/mol. The molecule has 24 heavy (non-hydrogen) atoms. The standard InChI is InChI=1S/C18H18N2O3S/c1-3-23-18(21)15(10-12-4-7-14(22-2)8-5-12)13-6-9-16-17(11-13)20-24-19-16/h4-9,11,15H,3,10H2,1-2H3. The normalized spacial score (nSPS) is 12.1. The zero-order chi connectivity index (χ0) is 16.9. The van der Waals surface area contributed by atoms with Gasteiger partial charge in [0, 0.05) is 0 Å². The van der Waals surface area contributed by atoms with E-state index in [1.165, 1.54) is 11.7 Å². The Bertz CT molecular complexity index is 830. The largest absolute Gasteiger partial charge is 0.497 e. The Morgan fingerprint density at radius 1 is 1.12 bits per heavy atom. The summed E-state index contributed by atoms with van der Waals surface area (Å²) in [5.41, 5.74) is 3.59. The van der Waals surface area contributed by atoms with E-state index in [0.29, 0.717) is 13.0 Å². The van der Waals surface area contributed by atoms with Crippen LogP contribution in [0.2, 0.25) is 0 Å². The summed E-state index contributed by atoms with van der Waals surface area (Å²) >= 11 is 1.17. The van der Waals surface area contributed by atoms with Crippen LogP contribution in [0, 0.1) is 0 Å². The lowest BCUT2D eigenvalue weighted by Crippen LogP contribution is -2.18. The van der Waals surface area contributed by atoms with Gasteiger partial charge in [0.25, 0.3) is 0 Å². The number of nitrogens with zero attached hydrogens (tertiary/aromatic N) is 2. The summed E-state index contributed by atoms with van der Waals surface area (Å²) < 4.78 is 18.9. The summed E-state index contributed by atoms with van der Waals surface area (Å²) in [6, 6.07) is 13.5. The predicted molar refractivity (Wildman–Crippen MR) is 93.5 cm³/mol. The van der Waals surface area contributed by atoms with Gasteiger partial charge in [0.15, 0.2) is 0 Å². The highest BCUT2D eigenvalue weighted by Crippen LogP contribution is 2.26. The van der Waals surface area contributed by atoms with Crippen molar-refractivity contribution in [2.24, 2.45) is 0 Å². The third kappa shape index (κ3) is 3.54. The van der Waals surface area contributed by atoms with E-state index in [0.717, 1.165) is 27.9 Å². The maximum atomic E-state index is 12.5. The van der Waals surface area contributed by atoms with E-state index in [1.807, 2.05) is 49.4 Å². The Labute approximate surface area is 144 Å². The third-order valence-electron chi connectivity index (χ3n) is 3.85. The van der Waals surface area contributed by atoms with Gasteiger partial charge >= 0.3 is 5.97 Å². The molecule has 3 aromatic rings. The molecule has 6 heteroatoms. The lowest BCUT2D eigenvalue weighted by Gasteiger charge is -2.16. The fourth-order valence-electron chi connectivity index (χ4n) is 2.59. The number of esters is 1. The van der Waals surface area contributed by atoms with Gasteiger partial charge in [-0.3, -0.25) is 4.79 Å². The van der Waals surface area contributed by atoms with Crippen molar-refractivity contribution in [3.8, 4) is 5.75 Å². The van der Waals surface area contributed by atoms with Crippen LogP contribution in [0.1, 0.15) is 24.0 Å². The Kier molecular flexibility index (Phi) is 5.05. The van der Waals surface area contributed by atoms with Gasteiger partial charge in [-0.05, 0) is 48.7 Å². The second kappa shape index (κ2) is 7.40. The molecule has 0 saturated carbocycles. The molecule has 0 fully saturated rings. The first-order chi connectivity index (χ1) is 11.7. The summed E-state index contributed by atoms with van der Waals surface area (Å²) in [7, 11) is 1.63. The number of hydrogen-bond acceptors (Lipinski definition) is 6. The molecule has 0 N–H and O–H groups in total. The molecule has 3 rings (SSSR count). The second-order valence-electron chi connectivity index (χ2n) is 5.37. The van der Waals surface area contributed by atoms with Crippen molar-refractivity contribution in [3.05, 3.63) is 53.6 Å². The van der Waals surface area contributed by atoms with Crippen LogP contribution >= 0.6 is 11.7 Å². The van der Waals surface area contributed by atoms with Gasteiger partial charge in [-0.25, -0.2) is 0 Å². The highest BCUT2D eigenvalue weighted by atomic mass is 32.1. The van der Waals surface area contributed by atoms with Gasteiger partial charge in [0.1, 0.15) is 16.8 Å². The molecule has 5 nitrogen and oxygen atoms in total. The number of carbonyl (C=O) groups excluding carboxylic acids is 1. The number of aromatic nitrogens is 2. The minimum Gasteiger partial charge on any atom is -0.497 e. The van der Waals surface area contributed by atoms with Crippen LogP contribution in [-0.4, -0.2) is 28.4 Å². The monoisotopic (exact) mass is 342 g/mol. The van der Waals surface area contributed by atoms with Gasteiger partial charge in [-0.2, -0.15) is 8.75 Å². The highest BCUT2D eigenvalue weighted by Gasteiger charge is 2.23. The average Bonchev–Trinajstić information content (AvgIpc) is 3.08. The molecule has 0 amide bonds. The van der Waals surface area contributed by atoms with Crippen LogP contribution in [0.25, 0.3) is 11.0 Å². The minimum absolute atomic E-state index is 0.226. The summed E-state index contributed by atoms with van der Waals surface area (Å²) in [5.74, 6) is 0.196. The SMILES string of the molecule is CCOC(=O)C(Cc1ccc(OC)cc1)c1ccc2nsnc2c1. The summed E-state index contributed by atoms with van der Waals surface area (Å²) in [5, 5.41) is 0.